The molecule has 2 unspecified atom stereocenters. The Bertz CT molecular complexity index is 1360. The molecule has 1 saturated heterocycles. The van der Waals surface area contributed by atoms with E-state index in [1.54, 1.807) is 24.3 Å². The zero-order chi connectivity index (χ0) is 27.6. The van der Waals surface area contributed by atoms with Crippen molar-refractivity contribution in [2.75, 3.05) is 50.7 Å². The maximum Gasteiger partial charge on any atom is 0.417 e. The van der Waals surface area contributed by atoms with Gasteiger partial charge in [0.15, 0.2) is 5.65 Å². The van der Waals surface area contributed by atoms with Crippen molar-refractivity contribution in [2.45, 2.75) is 24.8 Å². The molecular weight excluding hydrogens is 514 g/mol. The predicted octanol–water partition coefficient (Wildman–Crippen LogP) is 2.78. The number of aryl methyl sites for hydroxylation is 1. The summed E-state index contributed by atoms with van der Waals surface area (Å²) in [5.74, 6) is 0.343. The summed E-state index contributed by atoms with van der Waals surface area (Å²) in [6, 6.07) is 0.595. The number of hydrogen-bond donors (Lipinski definition) is 2. The van der Waals surface area contributed by atoms with Crippen molar-refractivity contribution in [3.8, 4) is 5.88 Å². The van der Waals surface area contributed by atoms with E-state index >= 15 is 4.39 Å². The highest BCUT2D eigenvalue weighted by molar-refractivity contribution is 5.89. The van der Waals surface area contributed by atoms with Gasteiger partial charge in [0.25, 0.3) is 5.56 Å². The summed E-state index contributed by atoms with van der Waals surface area (Å²) >= 11 is 0. The molecule has 2 amide bonds. The number of nitrogens with one attached hydrogen (secondary N) is 2. The Labute approximate surface area is 214 Å². The molecule has 0 bridgehead atoms. The van der Waals surface area contributed by atoms with Crippen LogP contribution in [-0.2, 0) is 18.0 Å². The average Bonchev–Trinajstić information content (AvgIpc) is 3.28. The van der Waals surface area contributed by atoms with Crippen molar-refractivity contribution in [3.63, 3.8) is 0 Å². The van der Waals surface area contributed by atoms with Gasteiger partial charge in [0.1, 0.15) is 18.5 Å². The molecule has 38 heavy (non-hydrogen) atoms. The van der Waals surface area contributed by atoms with Gasteiger partial charge in [-0.2, -0.15) is 13.2 Å². The largest absolute Gasteiger partial charge is 0.474 e. The minimum absolute atomic E-state index is 0.0570. The molecule has 3 aromatic heterocycles. The van der Waals surface area contributed by atoms with E-state index in [4.69, 9.17) is 9.47 Å². The van der Waals surface area contributed by atoms with Crippen molar-refractivity contribution in [1.82, 2.24) is 24.6 Å². The molecule has 206 valence electrons. The Morgan fingerprint density at radius 1 is 1.32 bits per heavy atom. The van der Waals surface area contributed by atoms with Gasteiger partial charge >= 0.3 is 12.2 Å². The molecule has 3 aromatic rings. The maximum absolute atomic E-state index is 15.3. The van der Waals surface area contributed by atoms with Crippen molar-refractivity contribution in [1.29, 1.82) is 0 Å². The molecule has 15 heteroatoms. The molecule has 0 spiro atoms. The number of nitrogens with zero attached hydrogens (tertiary/aromatic N) is 5. The Morgan fingerprint density at radius 3 is 2.76 bits per heavy atom. The van der Waals surface area contributed by atoms with Gasteiger partial charge in [0.05, 0.1) is 42.0 Å². The van der Waals surface area contributed by atoms with Gasteiger partial charge in [0, 0.05) is 33.9 Å². The van der Waals surface area contributed by atoms with E-state index in [2.05, 4.69) is 20.5 Å². The second-order valence-electron chi connectivity index (χ2n) is 8.88. The SMILES string of the molecule is COCCOc1n[nH]c2ncc(N3CCC(N(C)C(=O)Nc4cc(C(F)(F)F)cn(C)c4=O)C(F)C3)cc12. The minimum atomic E-state index is -4.71. The van der Waals surface area contributed by atoms with Gasteiger partial charge in [-0.3, -0.25) is 9.89 Å². The van der Waals surface area contributed by atoms with Crippen LogP contribution in [0.3, 0.4) is 0 Å². The summed E-state index contributed by atoms with van der Waals surface area (Å²) < 4.78 is 66.0. The fourth-order valence-corrected chi connectivity index (χ4v) is 4.25. The zero-order valence-electron chi connectivity index (χ0n) is 20.9. The number of carbonyl (C=O) groups excluding carboxylic acids is 1. The van der Waals surface area contributed by atoms with Gasteiger partial charge in [-0.1, -0.05) is 0 Å². The van der Waals surface area contributed by atoms with Crippen LogP contribution in [0.4, 0.5) is 33.7 Å². The maximum atomic E-state index is 15.3. The van der Waals surface area contributed by atoms with E-state index in [9.17, 15) is 22.8 Å². The lowest BCUT2D eigenvalue weighted by atomic mass is 10.0. The number of pyridine rings is 2. The van der Waals surface area contributed by atoms with E-state index < -0.39 is 41.2 Å². The third kappa shape index (κ3) is 5.66. The molecule has 0 aliphatic carbocycles. The summed E-state index contributed by atoms with van der Waals surface area (Å²) in [6.07, 6.45) is -3.75. The number of anilines is 2. The standard InChI is InChI=1S/C23H27F4N7O4/c1-32-11-13(23(25,26)27)8-17(21(32)35)29-22(36)33(2)18-4-5-34(12-16(18)24)14-9-15-19(28-10-14)30-31-20(15)38-7-6-37-3/h8-11,16,18H,4-7,12H2,1-3H3,(H,29,36)(H,28,30,31). The topological polar surface area (TPSA) is 118 Å². The van der Waals surface area contributed by atoms with Crippen LogP contribution < -0.4 is 20.5 Å². The van der Waals surface area contributed by atoms with Gasteiger partial charge in [0.2, 0.25) is 5.88 Å². The number of H-pyrrole nitrogens is 1. The summed E-state index contributed by atoms with van der Waals surface area (Å²) in [5.41, 5.74) is -1.32. The number of carbonyl (C=O) groups is 1. The highest BCUT2D eigenvalue weighted by atomic mass is 19.4. The molecular formula is C23H27F4N7O4. The zero-order valence-corrected chi connectivity index (χ0v) is 20.9. The van der Waals surface area contributed by atoms with Crippen LogP contribution in [0.2, 0.25) is 0 Å². The van der Waals surface area contributed by atoms with Crippen LogP contribution in [0.15, 0.2) is 29.3 Å². The fourth-order valence-electron chi connectivity index (χ4n) is 4.25. The second-order valence-corrected chi connectivity index (χ2v) is 8.88. The average molecular weight is 542 g/mol. The van der Waals surface area contributed by atoms with Crippen molar-refractivity contribution >= 4 is 28.4 Å². The van der Waals surface area contributed by atoms with Crippen LogP contribution in [-0.4, -0.2) is 83.4 Å². The Balaban J connectivity index is 1.44. The van der Waals surface area contributed by atoms with Crippen LogP contribution in [0.25, 0.3) is 11.0 Å². The van der Waals surface area contributed by atoms with Gasteiger partial charge in [-0.25, -0.2) is 14.2 Å². The first kappa shape index (κ1) is 27.2. The Hall–Kier alpha value is -3.88. The normalized spacial score (nSPS) is 18.0. The number of piperidine rings is 1. The van der Waals surface area contributed by atoms with Gasteiger partial charge in [-0.15, -0.1) is 5.10 Å². The molecule has 1 aliphatic rings. The molecule has 1 fully saturated rings. The molecule has 2 atom stereocenters. The van der Waals surface area contributed by atoms with Crippen LogP contribution in [0.1, 0.15) is 12.0 Å². The Kier molecular flexibility index (Phi) is 7.76. The first-order valence-corrected chi connectivity index (χ1v) is 11.7. The molecule has 4 rings (SSSR count). The molecule has 0 saturated carbocycles. The highest BCUT2D eigenvalue weighted by Crippen LogP contribution is 2.31. The third-order valence-corrected chi connectivity index (χ3v) is 6.34. The van der Waals surface area contributed by atoms with Crippen molar-refractivity contribution < 1.29 is 31.8 Å². The molecule has 0 radical (unpaired) electrons. The number of fused-ring (bicyclic) bond motifs is 1. The van der Waals surface area contributed by atoms with E-state index in [1.807, 2.05) is 0 Å². The number of alkyl halides is 4. The number of hydrogen-bond acceptors (Lipinski definition) is 7. The van der Waals surface area contributed by atoms with E-state index in [0.29, 0.717) is 54.6 Å². The first-order chi connectivity index (χ1) is 18.0. The monoisotopic (exact) mass is 541 g/mol. The number of halogens is 4. The van der Waals surface area contributed by atoms with Gasteiger partial charge < -0.3 is 29.2 Å². The molecule has 0 aromatic carbocycles. The molecule has 2 N–H and O–H groups in total. The number of ether oxygens (including phenoxy) is 2. The highest BCUT2D eigenvalue weighted by Gasteiger charge is 2.36. The number of methoxy groups -OCH3 is 1. The minimum Gasteiger partial charge on any atom is -0.474 e. The quantitative estimate of drug-likeness (QED) is 0.349. The van der Waals surface area contributed by atoms with E-state index in [0.717, 1.165) is 16.5 Å². The fraction of sp³-hybridized carbons (Fsp3) is 0.478. The number of amides is 2. The number of aromatic nitrogens is 4. The lowest BCUT2D eigenvalue weighted by Gasteiger charge is -2.39. The van der Waals surface area contributed by atoms with Crippen molar-refractivity contribution in [3.05, 3.63) is 40.4 Å². The second kappa shape index (κ2) is 10.8. The first-order valence-electron chi connectivity index (χ1n) is 11.7. The lowest BCUT2D eigenvalue weighted by molar-refractivity contribution is -0.138. The molecule has 1 aliphatic heterocycles. The summed E-state index contributed by atoms with van der Waals surface area (Å²) in [5, 5.41) is 9.68. The lowest BCUT2D eigenvalue weighted by Crippen LogP contribution is -2.54. The number of urea groups is 1. The number of aromatic amines is 1. The summed E-state index contributed by atoms with van der Waals surface area (Å²) in [7, 11) is 4.04. The van der Waals surface area contributed by atoms with Crippen LogP contribution >= 0.6 is 0 Å². The predicted molar refractivity (Wildman–Crippen MR) is 130 cm³/mol. The van der Waals surface area contributed by atoms with E-state index in [-0.39, 0.29) is 13.0 Å². The van der Waals surface area contributed by atoms with Crippen LogP contribution in [0.5, 0.6) is 5.88 Å². The van der Waals surface area contributed by atoms with E-state index in [1.165, 1.54) is 7.05 Å². The molecule has 4 heterocycles. The van der Waals surface area contributed by atoms with Gasteiger partial charge in [-0.05, 0) is 18.6 Å². The Morgan fingerprint density at radius 2 is 2.08 bits per heavy atom. The number of rotatable bonds is 7. The summed E-state index contributed by atoms with van der Waals surface area (Å²) in [6.45, 7) is 0.985. The van der Waals surface area contributed by atoms with Crippen molar-refractivity contribution in [2.24, 2.45) is 7.05 Å². The van der Waals surface area contributed by atoms with Crippen LogP contribution in [0, 0.1) is 0 Å². The smallest absolute Gasteiger partial charge is 0.417 e. The summed E-state index contributed by atoms with van der Waals surface area (Å²) in [4.78, 5) is 32.2. The molecule has 11 nitrogen and oxygen atoms in total. The third-order valence-electron chi connectivity index (χ3n) is 6.34.